The summed E-state index contributed by atoms with van der Waals surface area (Å²) in [6, 6.07) is 6.79. The number of hydrogen-bond acceptors (Lipinski definition) is 2. The molecule has 6 heteroatoms. The van der Waals surface area contributed by atoms with E-state index in [1.807, 2.05) is 11.0 Å². The molecule has 0 spiro atoms. The van der Waals surface area contributed by atoms with Gasteiger partial charge in [-0.15, -0.1) is 0 Å². The molecule has 26 heavy (non-hydrogen) atoms. The normalized spacial score (nSPS) is 21.1. The van der Waals surface area contributed by atoms with E-state index >= 15 is 0 Å². The van der Waals surface area contributed by atoms with E-state index in [2.05, 4.69) is 4.98 Å². The second-order valence-corrected chi connectivity index (χ2v) is 7.61. The molecule has 1 aliphatic heterocycles. The molecule has 4 rings (SSSR count). The highest BCUT2D eigenvalue weighted by atomic mass is 19.1. The predicted octanol–water partition coefficient (Wildman–Crippen LogP) is 3.06. The highest BCUT2D eigenvalue weighted by molar-refractivity contribution is 5.89. The minimum atomic E-state index is -0.274. The van der Waals surface area contributed by atoms with Crippen LogP contribution in [0.1, 0.15) is 37.8 Å². The molecule has 0 radical (unpaired) electrons. The number of fused-ring (bicyclic) bond motifs is 1. The van der Waals surface area contributed by atoms with Crippen LogP contribution in [0.2, 0.25) is 0 Å². The van der Waals surface area contributed by atoms with Crippen molar-refractivity contribution in [3.8, 4) is 0 Å². The smallest absolute Gasteiger partial charge is 0.228 e. The van der Waals surface area contributed by atoms with Crippen molar-refractivity contribution in [3.05, 3.63) is 35.8 Å². The molecule has 1 atom stereocenters. The fraction of sp³-hybridized carbons (Fsp3) is 0.500. The van der Waals surface area contributed by atoms with Crippen LogP contribution in [0.5, 0.6) is 0 Å². The van der Waals surface area contributed by atoms with Crippen molar-refractivity contribution >= 4 is 22.7 Å². The Bertz CT molecular complexity index is 841. The third-order valence-corrected chi connectivity index (χ3v) is 5.70. The molecule has 1 aliphatic carbocycles. The van der Waals surface area contributed by atoms with Gasteiger partial charge in [0.15, 0.2) is 0 Å². The minimum Gasteiger partial charge on any atom is -0.357 e. The molecule has 1 N–H and O–H groups in total. The van der Waals surface area contributed by atoms with Crippen LogP contribution in [0.25, 0.3) is 10.9 Å². The zero-order valence-electron chi connectivity index (χ0n) is 15.0. The maximum atomic E-state index is 13.3. The lowest BCUT2D eigenvalue weighted by molar-refractivity contribution is -0.135. The average molecular weight is 357 g/mol. The molecule has 0 bridgehead atoms. The van der Waals surface area contributed by atoms with E-state index in [1.165, 1.54) is 25.0 Å². The van der Waals surface area contributed by atoms with E-state index in [4.69, 9.17) is 0 Å². The van der Waals surface area contributed by atoms with E-state index in [1.54, 1.807) is 18.0 Å². The Kier molecular flexibility index (Phi) is 4.42. The first kappa shape index (κ1) is 17.1. The third kappa shape index (κ3) is 3.20. The number of carbonyl (C=O) groups excluding carboxylic acids is 2. The van der Waals surface area contributed by atoms with Crippen LogP contribution < -0.4 is 0 Å². The quantitative estimate of drug-likeness (QED) is 0.914. The number of carbonyl (C=O) groups is 2. The lowest BCUT2D eigenvalue weighted by atomic mass is 10.1. The van der Waals surface area contributed by atoms with Gasteiger partial charge in [-0.25, -0.2) is 4.39 Å². The Labute approximate surface area is 152 Å². The van der Waals surface area contributed by atoms with Crippen LogP contribution in [-0.4, -0.2) is 46.2 Å². The summed E-state index contributed by atoms with van der Waals surface area (Å²) in [5, 5.41) is 0.796. The van der Waals surface area contributed by atoms with Crippen molar-refractivity contribution in [3.63, 3.8) is 0 Å². The third-order valence-electron chi connectivity index (χ3n) is 5.70. The summed E-state index contributed by atoms with van der Waals surface area (Å²) < 4.78 is 13.3. The Hall–Kier alpha value is -2.37. The van der Waals surface area contributed by atoms with Crippen LogP contribution in [0.4, 0.5) is 4.39 Å². The first-order valence-electron chi connectivity index (χ1n) is 9.33. The van der Waals surface area contributed by atoms with Gasteiger partial charge in [-0.1, -0.05) is 12.8 Å². The predicted molar refractivity (Wildman–Crippen MR) is 96.8 cm³/mol. The lowest BCUT2D eigenvalue weighted by Gasteiger charge is -2.25. The van der Waals surface area contributed by atoms with Gasteiger partial charge in [-0.05, 0) is 37.1 Å². The zero-order chi connectivity index (χ0) is 18.3. The SMILES string of the molecule is CN(Cc1cc2cc(F)ccc2[nH]1)C(=O)[C@H]1CC(=O)N(C2CCCC2)C1. The Morgan fingerprint density at radius 2 is 2.08 bits per heavy atom. The molecule has 1 saturated carbocycles. The fourth-order valence-electron chi connectivity index (χ4n) is 4.36. The number of nitrogens with one attached hydrogen (secondary N) is 1. The van der Waals surface area contributed by atoms with Crippen LogP contribution in [0.15, 0.2) is 24.3 Å². The number of H-pyrrole nitrogens is 1. The summed E-state index contributed by atoms with van der Waals surface area (Å²) in [4.78, 5) is 31.9. The van der Waals surface area contributed by atoms with Crippen molar-refractivity contribution in [1.82, 2.24) is 14.8 Å². The van der Waals surface area contributed by atoms with Gasteiger partial charge >= 0.3 is 0 Å². The number of likely N-dealkylation sites (tertiary alicyclic amines) is 1. The molecule has 2 aliphatic rings. The molecule has 5 nitrogen and oxygen atoms in total. The number of amides is 2. The highest BCUT2D eigenvalue weighted by Gasteiger charge is 2.39. The van der Waals surface area contributed by atoms with E-state index < -0.39 is 0 Å². The molecule has 2 fully saturated rings. The molecule has 2 amide bonds. The average Bonchev–Trinajstić information content (AvgIpc) is 3.32. The number of benzene rings is 1. The molecular weight excluding hydrogens is 333 g/mol. The Morgan fingerprint density at radius 3 is 2.85 bits per heavy atom. The van der Waals surface area contributed by atoms with E-state index in [0.29, 0.717) is 25.6 Å². The number of rotatable bonds is 4. The minimum absolute atomic E-state index is 0.00341. The molecule has 1 saturated heterocycles. The van der Waals surface area contributed by atoms with Gasteiger partial charge in [0.25, 0.3) is 0 Å². The maximum Gasteiger partial charge on any atom is 0.228 e. The van der Waals surface area contributed by atoms with Crippen molar-refractivity contribution in [2.24, 2.45) is 5.92 Å². The van der Waals surface area contributed by atoms with Gasteiger partial charge in [0, 0.05) is 42.7 Å². The van der Waals surface area contributed by atoms with Crippen molar-refractivity contribution in [2.75, 3.05) is 13.6 Å². The van der Waals surface area contributed by atoms with Crippen molar-refractivity contribution in [2.45, 2.75) is 44.7 Å². The summed E-state index contributed by atoms with van der Waals surface area (Å²) in [6.07, 6.45) is 4.79. The topological polar surface area (TPSA) is 56.4 Å². The molecule has 1 aromatic heterocycles. The molecule has 1 aromatic carbocycles. The number of aromatic nitrogens is 1. The zero-order valence-corrected chi connectivity index (χ0v) is 15.0. The summed E-state index contributed by atoms with van der Waals surface area (Å²) >= 11 is 0. The standard InChI is InChI=1S/C20H24FN3O2/c1-23(12-16-9-13-8-15(21)6-7-18(13)22-16)20(26)14-10-19(25)24(11-14)17-4-2-3-5-17/h6-9,14,17,22H,2-5,10-12H2,1H3/t14-/m0/s1. The van der Waals surface area contributed by atoms with Gasteiger partial charge in [0.05, 0.1) is 12.5 Å². The highest BCUT2D eigenvalue weighted by Crippen LogP contribution is 2.30. The second-order valence-electron chi connectivity index (χ2n) is 7.61. The van der Waals surface area contributed by atoms with E-state index in [-0.39, 0.29) is 23.5 Å². The monoisotopic (exact) mass is 357 g/mol. The van der Waals surface area contributed by atoms with Gasteiger partial charge in [-0.3, -0.25) is 9.59 Å². The van der Waals surface area contributed by atoms with Gasteiger partial charge in [0.1, 0.15) is 5.82 Å². The molecule has 0 unspecified atom stereocenters. The largest absolute Gasteiger partial charge is 0.357 e. The Balaban J connectivity index is 1.41. The summed E-state index contributed by atoms with van der Waals surface area (Å²) in [6.45, 7) is 0.966. The second kappa shape index (κ2) is 6.74. The molecular formula is C20H24FN3O2. The van der Waals surface area contributed by atoms with Gasteiger partial charge in [-0.2, -0.15) is 0 Å². The maximum absolute atomic E-state index is 13.3. The van der Waals surface area contributed by atoms with Crippen molar-refractivity contribution < 1.29 is 14.0 Å². The summed E-state index contributed by atoms with van der Waals surface area (Å²) in [5.74, 6) is -0.410. The van der Waals surface area contributed by atoms with Crippen LogP contribution in [0, 0.1) is 11.7 Å². The number of hydrogen-bond donors (Lipinski definition) is 1. The molecule has 138 valence electrons. The first-order chi connectivity index (χ1) is 12.5. The number of aromatic amines is 1. The Morgan fingerprint density at radius 1 is 1.31 bits per heavy atom. The number of nitrogens with zero attached hydrogens (tertiary/aromatic N) is 2. The first-order valence-corrected chi connectivity index (χ1v) is 9.33. The van der Waals surface area contributed by atoms with Crippen LogP contribution >= 0.6 is 0 Å². The lowest BCUT2D eigenvalue weighted by Crippen LogP contribution is -2.37. The van der Waals surface area contributed by atoms with Crippen molar-refractivity contribution in [1.29, 1.82) is 0 Å². The van der Waals surface area contributed by atoms with E-state index in [9.17, 15) is 14.0 Å². The molecule has 2 aromatic rings. The van der Waals surface area contributed by atoms with Crippen LogP contribution in [-0.2, 0) is 16.1 Å². The van der Waals surface area contributed by atoms with Gasteiger partial charge < -0.3 is 14.8 Å². The van der Waals surface area contributed by atoms with Crippen LogP contribution in [0.3, 0.4) is 0 Å². The summed E-state index contributed by atoms with van der Waals surface area (Å²) in [7, 11) is 1.76. The van der Waals surface area contributed by atoms with Gasteiger partial charge in [0.2, 0.25) is 11.8 Å². The summed E-state index contributed by atoms with van der Waals surface area (Å²) in [5.41, 5.74) is 1.71. The fourth-order valence-corrected chi connectivity index (χ4v) is 4.36. The van der Waals surface area contributed by atoms with E-state index in [0.717, 1.165) is 29.4 Å². The molecule has 2 heterocycles. The number of halogens is 1.